The molecule has 0 bridgehead atoms. The topological polar surface area (TPSA) is 94.1 Å². The highest BCUT2D eigenvalue weighted by Crippen LogP contribution is 2.38. The van der Waals surface area contributed by atoms with Gasteiger partial charge in [0, 0.05) is 13.0 Å². The fourth-order valence-electron chi connectivity index (χ4n) is 7.72. The second-order valence-electron chi connectivity index (χ2n) is 19.6. The molecule has 0 saturated carbocycles. The fraction of sp³-hybridized carbons (Fsp3) is 0.839. The molecule has 0 amide bonds. The van der Waals surface area contributed by atoms with Crippen LogP contribution >= 0.6 is 7.82 Å². The number of esters is 1. The van der Waals surface area contributed by atoms with E-state index < -0.39 is 13.9 Å². The Morgan fingerprint density at radius 1 is 0.492 bits per heavy atom. The maximum absolute atomic E-state index is 12.8. The van der Waals surface area contributed by atoms with E-state index in [1.807, 2.05) is 21.1 Å². The van der Waals surface area contributed by atoms with Crippen LogP contribution in [-0.4, -0.2) is 70.7 Å². The van der Waals surface area contributed by atoms with E-state index in [1.165, 1.54) is 161 Å². The first-order valence-corrected chi connectivity index (χ1v) is 28.8. The van der Waals surface area contributed by atoms with E-state index in [-0.39, 0.29) is 25.8 Å². The normalized spacial score (nSPS) is 13.9. The number of carbonyl (C=O) groups excluding carboxylic acids is 1. The predicted octanol–water partition coefficient (Wildman–Crippen LogP) is 16.4. The second kappa shape index (κ2) is 48.9. The summed E-state index contributed by atoms with van der Waals surface area (Å²) in [5.41, 5.74) is 0. The monoisotopic (exact) mass is 936 g/mol. The molecule has 0 radical (unpaired) electrons. The van der Waals surface area contributed by atoms with Crippen molar-refractivity contribution in [3.05, 3.63) is 48.6 Å². The van der Waals surface area contributed by atoms with E-state index in [9.17, 15) is 14.3 Å². The lowest BCUT2D eigenvalue weighted by atomic mass is 10.0. The van der Waals surface area contributed by atoms with Crippen molar-refractivity contribution >= 4 is 13.8 Å². The third kappa shape index (κ3) is 53.3. The Kier molecular flexibility index (Phi) is 47.7. The predicted molar refractivity (Wildman–Crippen MR) is 277 cm³/mol. The van der Waals surface area contributed by atoms with Gasteiger partial charge in [-0.05, 0) is 51.4 Å². The summed E-state index contributed by atoms with van der Waals surface area (Å²) >= 11 is 0. The third-order valence-corrected chi connectivity index (χ3v) is 12.9. The third-order valence-electron chi connectivity index (χ3n) is 11.9. The van der Waals surface area contributed by atoms with Gasteiger partial charge in [0.05, 0.1) is 34.4 Å². The van der Waals surface area contributed by atoms with Gasteiger partial charge in [-0.3, -0.25) is 9.36 Å². The maximum atomic E-state index is 12.8. The van der Waals surface area contributed by atoms with Crippen molar-refractivity contribution in [2.75, 3.05) is 54.1 Å². The molecule has 0 rings (SSSR count). The van der Waals surface area contributed by atoms with Gasteiger partial charge in [0.15, 0.2) is 0 Å². The molecule has 0 aromatic carbocycles. The van der Waals surface area contributed by atoms with Crippen molar-refractivity contribution in [1.82, 2.24) is 0 Å². The van der Waals surface area contributed by atoms with Crippen LogP contribution < -0.4 is 4.89 Å². The highest BCUT2D eigenvalue weighted by atomic mass is 31.2. The van der Waals surface area contributed by atoms with Gasteiger partial charge in [0.1, 0.15) is 19.3 Å². The lowest BCUT2D eigenvalue weighted by Gasteiger charge is -2.28. The maximum Gasteiger partial charge on any atom is 0.306 e. The Balaban J connectivity index is 4.10. The van der Waals surface area contributed by atoms with E-state index in [2.05, 4.69) is 62.5 Å². The molecule has 0 fully saturated rings. The van der Waals surface area contributed by atoms with Gasteiger partial charge in [-0.25, -0.2) is 0 Å². The van der Waals surface area contributed by atoms with Crippen LogP contribution in [0.4, 0.5) is 0 Å². The van der Waals surface area contributed by atoms with Crippen LogP contribution in [-0.2, 0) is 27.9 Å². The number of carbonyl (C=O) groups is 1. The summed E-state index contributed by atoms with van der Waals surface area (Å²) in [7, 11) is 1.35. The van der Waals surface area contributed by atoms with E-state index in [0.717, 1.165) is 64.2 Å². The minimum atomic E-state index is -4.54. The standard InChI is InChI=1S/C56H106NO7P/c1-6-8-10-12-14-16-18-20-22-24-26-28-29-30-31-33-35-37-39-41-43-45-47-49-56(58)64-55(54-63-65(59,60)62-52-50-57(3,4)5)53-61-51-48-46-44-42-40-38-36-34-32-27-25-23-21-19-17-15-13-11-9-7-2/h9,11,15,17,21,23,27,32,55H,6-8,10,12-14,16,18-20,22,24-26,28-31,33-54H2,1-5H3/b11-9-,17-15-,23-21-,32-27-. The number of hydrogen-bond acceptors (Lipinski definition) is 7. The number of likely N-dealkylation sites (N-methyl/N-ethyl adjacent to an activating group) is 1. The number of nitrogens with zero attached hydrogens (tertiary/aromatic N) is 1. The minimum absolute atomic E-state index is 0.0239. The van der Waals surface area contributed by atoms with Gasteiger partial charge in [-0.2, -0.15) is 0 Å². The molecule has 65 heavy (non-hydrogen) atoms. The number of ether oxygens (including phenoxy) is 2. The number of unbranched alkanes of at least 4 members (excludes halogenated alkanes) is 29. The number of phosphoric ester groups is 1. The highest BCUT2D eigenvalue weighted by molar-refractivity contribution is 7.45. The number of rotatable bonds is 51. The SMILES string of the molecule is CC/C=C\C/C=C\C/C=C\C/C=C\CCCCCCCCCOCC(COP(=O)([O-])OCC[N+](C)(C)C)OC(=O)CCCCCCCCCCCCCCCCCCCCCCCCC. The molecule has 0 aromatic heterocycles. The summed E-state index contributed by atoms with van der Waals surface area (Å²) < 4.78 is 34.8. The second-order valence-corrected chi connectivity index (χ2v) is 21.0. The Morgan fingerprint density at radius 2 is 0.892 bits per heavy atom. The molecular weight excluding hydrogens is 830 g/mol. The Labute approximate surface area is 403 Å². The smallest absolute Gasteiger partial charge is 0.306 e. The molecule has 0 spiro atoms. The lowest BCUT2D eigenvalue weighted by Crippen LogP contribution is -2.37. The molecule has 0 N–H and O–H groups in total. The quantitative estimate of drug-likeness (QED) is 0.0197. The fourth-order valence-corrected chi connectivity index (χ4v) is 8.45. The van der Waals surface area contributed by atoms with Gasteiger partial charge >= 0.3 is 5.97 Å². The zero-order valence-corrected chi connectivity index (χ0v) is 44.3. The first-order chi connectivity index (χ1) is 31.6. The van der Waals surface area contributed by atoms with Gasteiger partial charge < -0.3 is 27.9 Å². The van der Waals surface area contributed by atoms with Crippen LogP contribution in [0, 0.1) is 0 Å². The van der Waals surface area contributed by atoms with Gasteiger partial charge in [-0.15, -0.1) is 0 Å². The summed E-state index contributed by atoms with van der Waals surface area (Å²) in [6.07, 6.45) is 61.4. The van der Waals surface area contributed by atoms with Crippen molar-refractivity contribution < 1.29 is 37.3 Å². The van der Waals surface area contributed by atoms with Crippen LogP contribution in [0.5, 0.6) is 0 Å². The van der Waals surface area contributed by atoms with Crippen LogP contribution in [0.3, 0.4) is 0 Å². The van der Waals surface area contributed by atoms with Crippen molar-refractivity contribution in [1.29, 1.82) is 0 Å². The van der Waals surface area contributed by atoms with Gasteiger partial charge in [0.2, 0.25) is 0 Å². The Hall–Kier alpha value is -1.54. The zero-order valence-electron chi connectivity index (χ0n) is 43.4. The van der Waals surface area contributed by atoms with E-state index in [0.29, 0.717) is 24.1 Å². The summed E-state index contributed by atoms with van der Waals surface area (Å²) in [5.74, 6) is -0.334. The largest absolute Gasteiger partial charge is 0.756 e. The number of allylic oxidation sites excluding steroid dienone is 8. The van der Waals surface area contributed by atoms with Crippen molar-refractivity contribution in [2.24, 2.45) is 0 Å². The molecule has 8 nitrogen and oxygen atoms in total. The van der Waals surface area contributed by atoms with E-state index in [1.54, 1.807) is 0 Å². The molecule has 2 atom stereocenters. The van der Waals surface area contributed by atoms with E-state index in [4.69, 9.17) is 18.5 Å². The minimum Gasteiger partial charge on any atom is -0.756 e. The van der Waals surface area contributed by atoms with Crippen LogP contribution in [0.25, 0.3) is 0 Å². The summed E-state index contributed by atoms with van der Waals surface area (Å²) in [4.78, 5) is 25.2. The average molecular weight is 936 g/mol. The van der Waals surface area contributed by atoms with Crippen molar-refractivity contribution in [2.45, 2.75) is 251 Å². The molecule has 0 aliphatic heterocycles. The first kappa shape index (κ1) is 63.5. The van der Waals surface area contributed by atoms with Crippen molar-refractivity contribution in [3.63, 3.8) is 0 Å². The molecule has 0 aliphatic carbocycles. The van der Waals surface area contributed by atoms with Gasteiger partial charge in [-0.1, -0.05) is 236 Å². The number of quaternary nitrogens is 1. The van der Waals surface area contributed by atoms with Crippen molar-refractivity contribution in [3.8, 4) is 0 Å². The van der Waals surface area contributed by atoms with Crippen LogP contribution in [0.15, 0.2) is 48.6 Å². The summed E-state index contributed by atoms with van der Waals surface area (Å²) in [6.45, 7) is 5.32. The molecule has 9 heteroatoms. The number of hydrogen-bond donors (Lipinski definition) is 0. The zero-order chi connectivity index (χ0) is 47.6. The molecule has 0 saturated heterocycles. The van der Waals surface area contributed by atoms with E-state index >= 15 is 0 Å². The van der Waals surface area contributed by atoms with Crippen LogP contribution in [0.1, 0.15) is 245 Å². The highest BCUT2D eigenvalue weighted by Gasteiger charge is 2.20. The molecule has 0 aliphatic rings. The number of phosphoric acid groups is 1. The molecule has 2 unspecified atom stereocenters. The van der Waals surface area contributed by atoms with Gasteiger partial charge in [0.25, 0.3) is 7.82 Å². The summed E-state index contributed by atoms with van der Waals surface area (Å²) in [6, 6.07) is 0. The molecule has 0 heterocycles. The molecule has 382 valence electrons. The average Bonchev–Trinajstić information content (AvgIpc) is 3.27. The molecule has 0 aromatic rings. The Morgan fingerprint density at radius 3 is 1.34 bits per heavy atom. The first-order valence-electron chi connectivity index (χ1n) is 27.4. The summed E-state index contributed by atoms with van der Waals surface area (Å²) in [5, 5.41) is 0. The Bertz CT molecular complexity index is 1180. The van der Waals surface area contributed by atoms with Crippen LogP contribution in [0.2, 0.25) is 0 Å². The lowest BCUT2D eigenvalue weighted by molar-refractivity contribution is -0.870. The molecular formula is C56H106NO7P.